The largest absolute Gasteiger partial charge is 0.448 e. The molecule has 0 radical (unpaired) electrons. The van der Waals surface area contributed by atoms with Crippen molar-refractivity contribution in [2.75, 3.05) is 4.90 Å². The van der Waals surface area contributed by atoms with Gasteiger partial charge in [-0.3, -0.25) is 4.79 Å². The summed E-state index contributed by atoms with van der Waals surface area (Å²) in [4.78, 5) is 26.7. The van der Waals surface area contributed by atoms with Gasteiger partial charge in [0.05, 0.1) is 0 Å². The van der Waals surface area contributed by atoms with Gasteiger partial charge in [-0.1, -0.05) is 18.2 Å². The van der Waals surface area contributed by atoms with Gasteiger partial charge in [0.1, 0.15) is 5.69 Å². The first-order valence-corrected chi connectivity index (χ1v) is 7.72. The number of hydrogen-bond acceptors (Lipinski definition) is 3. The Kier molecular flexibility index (Phi) is 3.94. The van der Waals surface area contributed by atoms with Crippen LogP contribution in [-0.4, -0.2) is 28.6 Å². The average molecular weight is 312 g/mol. The van der Waals surface area contributed by atoms with Crippen molar-refractivity contribution >= 4 is 17.6 Å². The third kappa shape index (κ3) is 2.74. The second kappa shape index (κ2) is 5.91. The summed E-state index contributed by atoms with van der Waals surface area (Å²) in [5, 5.41) is 0. The number of nitrogens with zero attached hydrogens (tertiary/aromatic N) is 2. The molecule has 2 heterocycles. The fourth-order valence-corrected chi connectivity index (χ4v) is 3.04. The number of carbonyl (C=O) groups excluding carboxylic acids is 2. The minimum Gasteiger partial charge on any atom is -0.448 e. The lowest BCUT2D eigenvalue weighted by Crippen LogP contribution is -2.43. The zero-order valence-corrected chi connectivity index (χ0v) is 13.5. The van der Waals surface area contributed by atoms with Gasteiger partial charge in [-0.15, -0.1) is 0 Å². The number of amides is 1. The van der Waals surface area contributed by atoms with Crippen molar-refractivity contribution in [1.82, 2.24) is 4.57 Å². The molecular formula is C18H20N2O3. The van der Waals surface area contributed by atoms with E-state index < -0.39 is 12.1 Å². The molecule has 5 nitrogen and oxygen atoms in total. The third-order valence-corrected chi connectivity index (χ3v) is 4.23. The summed E-state index contributed by atoms with van der Waals surface area (Å²) in [6, 6.07) is 11.4. The van der Waals surface area contributed by atoms with Crippen LogP contribution in [0.5, 0.6) is 0 Å². The first-order chi connectivity index (χ1) is 11.0. The Bertz CT molecular complexity index is 750. The van der Waals surface area contributed by atoms with Gasteiger partial charge in [-0.25, -0.2) is 4.79 Å². The van der Waals surface area contributed by atoms with Crippen molar-refractivity contribution in [2.24, 2.45) is 7.05 Å². The first-order valence-electron chi connectivity index (χ1n) is 7.72. The van der Waals surface area contributed by atoms with Gasteiger partial charge in [0.25, 0.3) is 5.91 Å². The summed E-state index contributed by atoms with van der Waals surface area (Å²) < 4.78 is 7.04. The Morgan fingerprint density at radius 1 is 1.22 bits per heavy atom. The summed E-state index contributed by atoms with van der Waals surface area (Å²) in [5.74, 6) is -0.677. The molecule has 0 fully saturated rings. The highest BCUT2D eigenvalue weighted by Crippen LogP contribution is 2.32. The topological polar surface area (TPSA) is 51.5 Å². The van der Waals surface area contributed by atoms with Gasteiger partial charge in [0.2, 0.25) is 0 Å². The van der Waals surface area contributed by atoms with E-state index in [4.69, 9.17) is 4.74 Å². The molecule has 0 bridgehead atoms. The summed E-state index contributed by atoms with van der Waals surface area (Å²) in [6.45, 7) is 3.63. The Balaban J connectivity index is 1.75. The number of aromatic nitrogens is 1. The molecule has 1 aromatic carbocycles. The first kappa shape index (κ1) is 15.3. The predicted octanol–water partition coefficient (Wildman–Crippen LogP) is 2.55. The van der Waals surface area contributed by atoms with Crippen LogP contribution in [0.15, 0.2) is 42.6 Å². The highest BCUT2D eigenvalue weighted by atomic mass is 16.5. The van der Waals surface area contributed by atoms with Crippen molar-refractivity contribution in [3.8, 4) is 0 Å². The van der Waals surface area contributed by atoms with Gasteiger partial charge in [0.15, 0.2) is 6.10 Å². The van der Waals surface area contributed by atoms with Crippen LogP contribution in [0.3, 0.4) is 0 Å². The number of aryl methyl sites for hydroxylation is 1. The third-order valence-electron chi connectivity index (χ3n) is 4.23. The van der Waals surface area contributed by atoms with E-state index in [2.05, 4.69) is 0 Å². The Morgan fingerprint density at radius 2 is 1.96 bits per heavy atom. The molecule has 120 valence electrons. The molecule has 0 saturated carbocycles. The van der Waals surface area contributed by atoms with E-state index in [1.165, 1.54) is 0 Å². The lowest BCUT2D eigenvalue weighted by atomic mass is 10.1. The number of hydrogen-bond donors (Lipinski definition) is 0. The minimum atomic E-state index is -0.828. The van der Waals surface area contributed by atoms with E-state index in [9.17, 15) is 9.59 Å². The lowest BCUT2D eigenvalue weighted by Gasteiger charge is -2.25. The highest BCUT2D eigenvalue weighted by molar-refractivity contribution is 6.00. The van der Waals surface area contributed by atoms with E-state index in [-0.39, 0.29) is 11.9 Å². The van der Waals surface area contributed by atoms with Crippen LogP contribution in [0.4, 0.5) is 5.69 Å². The second-order valence-electron chi connectivity index (χ2n) is 5.94. The molecular weight excluding hydrogens is 292 g/mol. The summed E-state index contributed by atoms with van der Waals surface area (Å²) in [5.41, 5.74) is 2.49. The number of para-hydroxylation sites is 1. The maximum absolute atomic E-state index is 12.8. The summed E-state index contributed by atoms with van der Waals surface area (Å²) in [6.07, 6.45) is 1.76. The van der Waals surface area contributed by atoms with Gasteiger partial charge in [-0.05, 0) is 44.0 Å². The Morgan fingerprint density at radius 3 is 2.65 bits per heavy atom. The maximum atomic E-state index is 12.8. The predicted molar refractivity (Wildman–Crippen MR) is 87.4 cm³/mol. The fourth-order valence-electron chi connectivity index (χ4n) is 3.04. The quantitative estimate of drug-likeness (QED) is 0.819. The van der Waals surface area contributed by atoms with E-state index >= 15 is 0 Å². The van der Waals surface area contributed by atoms with Crippen molar-refractivity contribution < 1.29 is 14.3 Å². The zero-order valence-electron chi connectivity index (χ0n) is 13.5. The number of fused-ring (bicyclic) bond motifs is 1. The van der Waals surface area contributed by atoms with Gasteiger partial charge in [-0.2, -0.15) is 0 Å². The molecule has 2 atom stereocenters. The number of ether oxygens (including phenoxy) is 1. The molecule has 3 rings (SSSR count). The second-order valence-corrected chi connectivity index (χ2v) is 5.94. The molecule has 23 heavy (non-hydrogen) atoms. The molecule has 1 aromatic heterocycles. The fraction of sp³-hybridized carbons (Fsp3) is 0.333. The van der Waals surface area contributed by atoms with E-state index in [1.54, 1.807) is 41.8 Å². The number of benzene rings is 1. The number of carbonyl (C=O) groups is 2. The smallest absolute Gasteiger partial charge is 0.355 e. The van der Waals surface area contributed by atoms with Crippen molar-refractivity contribution in [3.05, 3.63) is 53.9 Å². The minimum absolute atomic E-state index is 0.0658. The highest BCUT2D eigenvalue weighted by Gasteiger charge is 2.34. The molecule has 5 heteroatoms. The van der Waals surface area contributed by atoms with Gasteiger partial charge >= 0.3 is 5.97 Å². The molecule has 0 unspecified atom stereocenters. The van der Waals surface area contributed by atoms with E-state index in [0.29, 0.717) is 5.69 Å². The maximum Gasteiger partial charge on any atom is 0.355 e. The summed E-state index contributed by atoms with van der Waals surface area (Å²) in [7, 11) is 1.77. The van der Waals surface area contributed by atoms with Crippen molar-refractivity contribution in [1.29, 1.82) is 0 Å². The average Bonchev–Trinajstić information content (AvgIpc) is 3.08. The molecule has 0 spiro atoms. The number of esters is 1. The Hall–Kier alpha value is -2.56. The van der Waals surface area contributed by atoms with Crippen LogP contribution in [0.2, 0.25) is 0 Å². The molecule has 0 N–H and O–H groups in total. The normalized spacial score (nSPS) is 17.7. The SMILES string of the molecule is C[C@@H]1Cc2ccccc2N1C(=O)[C@@H](C)OC(=O)c1cccn1C. The van der Waals surface area contributed by atoms with Crippen LogP contribution in [0.1, 0.15) is 29.9 Å². The zero-order chi connectivity index (χ0) is 16.6. The van der Waals surface area contributed by atoms with Gasteiger partial charge in [0, 0.05) is 25.0 Å². The van der Waals surface area contributed by atoms with Gasteiger partial charge < -0.3 is 14.2 Å². The van der Waals surface area contributed by atoms with Crippen LogP contribution >= 0.6 is 0 Å². The molecule has 1 amide bonds. The molecule has 1 aliphatic rings. The molecule has 0 saturated heterocycles. The van der Waals surface area contributed by atoms with E-state index in [0.717, 1.165) is 17.7 Å². The number of anilines is 1. The van der Waals surface area contributed by atoms with Crippen molar-refractivity contribution in [3.63, 3.8) is 0 Å². The van der Waals surface area contributed by atoms with Crippen LogP contribution < -0.4 is 4.90 Å². The van der Waals surface area contributed by atoms with Crippen LogP contribution in [-0.2, 0) is 23.0 Å². The molecule has 0 aliphatic carbocycles. The van der Waals surface area contributed by atoms with Crippen LogP contribution in [0, 0.1) is 0 Å². The number of rotatable bonds is 3. The Labute approximate surface area is 135 Å². The lowest BCUT2D eigenvalue weighted by molar-refractivity contribution is -0.126. The van der Waals surface area contributed by atoms with E-state index in [1.807, 2.05) is 31.2 Å². The molecule has 2 aromatic rings. The summed E-state index contributed by atoms with van der Waals surface area (Å²) >= 11 is 0. The molecule has 1 aliphatic heterocycles. The van der Waals surface area contributed by atoms with Crippen molar-refractivity contribution in [2.45, 2.75) is 32.4 Å². The standard InChI is InChI=1S/C18H20N2O3/c1-12-11-14-7-4-5-8-15(14)20(12)17(21)13(2)23-18(22)16-9-6-10-19(16)3/h4-10,12-13H,11H2,1-3H3/t12-,13-/m1/s1. The monoisotopic (exact) mass is 312 g/mol. The van der Waals surface area contributed by atoms with Crippen LogP contribution in [0.25, 0.3) is 0 Å².